The third-order valence-corrected chi connectivity index (χ3v) is 4.98. The Morgan fingerprint density at radius 1 is 1.36 bits per heavy atom. The molecule has 0 saturated heterocycles. The number of nitrogens with zero attached hydrogens (tertiary/aromatic N) is 2. The van der Waals surface area contributed by atoms with Crippen molar-refractivity contribution in [1.82, 2.24) is 20.2 Å². The van der Waals surface area contributed by atoms with Crippen LogP contribution in [0.3, 0.4) is 0 Å². The fourth-order valence-corrected chi connectivity index (χ4v) is 3.47. The van der Waals surface area contributed by atoms with Gasteiger partial charge in [0.15, 0.2) is 5.16 Å². The van der Waals surface area contributed by atoms with Crippen molar-refractivity contribution in [3.8, 4) is 0 Å². The van der Waals surface area contributed by atoms with Crippen molar-refractivity contribution in [3.63, 3.8) is 0 Å². The van der Waals surface area contributed by atoms with Gasteiger partial charge in [-0.3, -0.25) is 19.5 Å². The van der Waals surface area contributed by atoms with Crippen molar-refractivity contribution >= 4 is 34.6 Å². The maximum absolute atomic E-state index is 12.8. The molecule has 25 heavy (non-hydrogen) atoms. The highest BCUT2D eigenvalue weighted by Crippen LogP contribution is 2.37. The van der Waals surface area contributed by atoms with Gasteiger partial charge in [0, 0.05) is 12.6 Å². The van der Waals surface area contributed by atoms with Crippen LogP contribution in [0.15, 0.2) is 34.2 Å². The summed E-state index contributed by atoms with van der Waals surface area (Å²) >= 11 is 1.20. The molecule has 1 aromatic carbocycles. The van der Waals surface area contributed by atoms with E-state index >= 15 is 0 Å². The van der Waals surface area contributed by atoms with Crippen molar-refractivity contribution in [3.05, 3.63) is 34.6 Å². The van der Waals surface area contributed by atoms with Gasteiger partial charge in [0.25, 0.3) is 5.56 Å². The molecule has 0 bridgehead atoms. The Morgan fingerprint density at radius 3 is 2.76 bits per heavy atom. The lowest BCUT2D eigenvalue weighted by atomic mass is 10.2. The van der Waals surface area contributed by atoms with E-state index in [2.05, 4.69) is 15.6 Å². The highest BCUT2D eigenvalue weighted by molar-refractivity contribution is 8.00. The second-order valence-electron chi connectivity index (χ2n) is 5.93. The van der Waals surface area contributed by atoms with E-state index in [0.717, 1.165) is 12.8 Å². The Bertz CT molecular complexity index is 876. The lowest BCUT2D eigenvalue weighted by Gasteiger charge is -2.15. The van der Waals surface area contributed by atoms with Gasteiger partial charge in [0.05, 0.1) is 16.2 Å². The lowest BCUT2D eigenvalue weighted by Crippen LogP contribution is -2.42. The molecular formula is C17H20N4O3S. The first kappa shape index (κ1) is 17.5. The molecule has 1 unspecified atom stereocenters. The van der Waals surface area contributed by atoms with Crippen LogP contribution >= 0.6 is 11.8 Å². The minimum atomic E-state index is -0.555. The topological polar surface area (TPSA) is 93.1 Å². The molecule has 0 aliphatic heterocycles. The number of imide groups is 1. The van der Waals surface area contributed by atoms with Gasteiger partial charge in [-0.25, -0.2) is 9.78 Å². The van der Waals surface area contributed by atoms with Gasteiger partial charge in [-0.2, -0.15) is 0 Å². The highest BCUT2D eigenvalue weighted by atomic mass is 32.2. The van der Waals surface area contributed by atoms with Gasteiger partial charge in [-0.15, -0.1) is 0 Å². The third kappa shape index (κ3) is 3.84. The average Bonchev–Trinajstić information content (AvgIpc) is 3.40. The third-order valence-electron chi connectivity index (χ3n) is 3.91. The van der Waals surface area contributed by atoms with Crippen molar-refractivity contribution < 1.29 is 9.59 Å². The second kappa shape index (κ2) is 7.26. The molecule has 1 aliphatic carbocycles. The summed E-state index contributed by atoms with van der Waals surface area (Å²) in [5, 5.41) is 5.35. The zero-order chi connectivity index (χ0) is 18.0. The van der Waals surface area contributed by atoms with Gasteiger partial charge in [-0.1, -0.05) is 23.9 Å². The molecule has 2 N–H and O–H groups in total. The fraction of sp³-hybridized carbons (Fsp3) is 0.412. The quantitative estimate of drug-likeness (QED) is 0.629. The summed E-state index contributed by atoms with van der Waals surface area (Å²) in [5.74, 6) is -0.416. The number of hydrogen-bond donors (Lipinski definition) is 2. The first-order valence-corrected chi connectivity index (χ1v) is 9.16. The number of para-hydroxylation sites is 1. The number of hydrogen-bond acceptors (Lipinski definition) is 5. The molecule has 132 valence electrons. The predicted octanol–water partition coefficient (Wildman–Crippen LogP) is 2.06. The molecule has 0 radical (unpaired) electrons. The molecule has 1 heterocycles. The van der Waals surface area contributed by atoms with Crippen molar-refractivity contribution in [2.45, 2.75) is 43.1 Å². The normalized spacial score (nSPS) is 15.0. The number of nitrogens with one attached hydrogen (secondary N) is 2. The molecular weight excluding hydrogens is 340 g/mol. The molecule has 1 saturated carbocycles. The van der Waals surface area contributed by atoms with Crippen molar-refractivity contribution in [2.24, 2.45) is 0 Å². The lowest BCUT2D eigenvalue weighted by molar-refractivity contribution is -0.119. The van der Waals surface area contributed by atoms with Crippen molar-refractivity contribution in [2.75, 3.05) is 6.54 Å². The molecule has 3 amide bonds. The summed E-state index contributed by atoms with van der Waals surface area (Å²) in [4.78, 5) is 41.0. The van der Waals surface area contributed by atoms with Gasteiger partial charge in [0.2, 0.25) is 5.91 Å². The largest absolute Gasteiger partial charge is 0.338 e. The second-order valence-corrected chi connectivity index (χ2v) is 7.23. The molecule has 1 aromatic heterocycles. The molecule has 0 spiro atoms. The summed E-state index contributed by atoms with van der Waals surface area (Å²) in [7, 11) is 0. The summed E-state index contributed by atoms with van der Waals surface area (Å²) in [6.07, 6.45) is 1.87. The van der Waals surface area contributed by atoms with Gasteiger partial charge < -0.3 is 5.32 Å². The van der Waals surface area contributed by atoms with Crippen LogP contribution in [0.25, 0.3) is 10.9 Å². The minimum Gasteiger partial charge on any atom is -0.338 e. The Labute approximate surface area is 149 Å². The van der Waals surface area contributed by atoms with Gasteiger partial charge in [0.1, 0.15) is 0 Å². The number of benzene rings is 1. The van der Waals surface area contributed by atoms with E-state index in [0.29, 0.717) is 22.6 Å². The van der Waals surface area contributed by atoms with E-state index in [1.807, 2.05) is 12.1 Å². The van der Waals surface area contributed by atoms with Crippen LogP contribution in [-0.2, 0) is 4.79 Å². The highest BCUT2D eigenvalue weighted by Gasteiger charge is 2.30. The van der Waals surface area contributed by atoms with E-state index in [-0.39, 0.29) is 11.6 Å². The summed E-state index contributed by atoms with van der Waals surface area (Å²) in [5.41, 5.74) is 0.537. The van der Waals surface area contributed by atoms with Crippen LogP contribution in [0.4, 0.5) is 4.79 Å². The Kier molecular flexibility index (Phi) is 5.08. The maximum Gasteiger partial charge on any atom is 0.321 e. The number of amides is 3. The Morgan fingerprint density at radius 2 is 2.08 bits per heavy atom. The SMILES string of the molecule is CCNC(=O)NC(=O)C(C)Sc1nc2ccccc2c(=O)n1C1CC1. The zero-order valence-corrected chi connectivity index (χ0v) is 14.9. The van der Waals surface area contributed by atoms with Crippen LogP contribution in [0.1, 0.15) is 32.7 Å². The monoisotopic (exact) mass is 360 g/mol. The number of thioether (sulfide) groups is 1. The maximum atomic E-state index is 12.8. The summed E-state index contributed by atoms with van der Waals surface area (Å²) in [6, 6.07) is 6.82. The number of rotatable bonds is 5. The standard InChI is InChI=1S/C17H20N4O3S/c1-3-18-16(24)20-14(22)10(2)25-17-19-13-7-5-4-6-12(13)15(23)21(17)11-8-9-11/h4-7,10-11H,3,8-9H2,1-2H3,(H2,18,20,22,24). The molecule has 8 heteroatoms. The first-order valence-electron chi connectivity index (χ1n) is 8.28. The number of carbonyl (C=O) groups is 2. The van der Waals surface area contributed by atoms with Crippen LogP contribution in [0.5, 0.6) is 0 Å². The first-order chi connectivity index (χ1) is 12.0. The van der Waals surface area contributed by atoms with E-state index in [1.165, 1.54) is 11.8 Å². The Hall–Kier alpha value is -2.35. The number of carbonyl (C=O) groups excluding carboxylic acids is 2. The molecule has 1 fully saturated rings. The number of urea groups is 1. The van der Waals surface area contributed by atoms with E-state index < -0.39 is 17.2 Å². The van der Waals surface area contributed by atoms with Gasteiger partial charge in [-0.05, 0) is 38.8 Å². The van der Waals surface area contributed by atoms with E-state index in [4.69, 9.17) is 0 Å². The smallest absolute Gasteiger partial charge is 0.321 e. The number of aromatic nitrogens is 2. The van der Waals surface area contributed by atoms with Crippen LogP contribution in [-0.4, -0.2) is 33.3 Å². The summed E-state index contributed by atoms with van der Waals surface area (Å²) < 4.78 is 1.68. The summed E-state index contributed by atoms with van der Waals surface area (Å²) in [6.45, 7) is 3.90. The molecule has 2 aromatic rings. The van der Waals surface area contributed by atoms with Crippen molar-refractivity contribution in [1.29, 1.82) is 0 Å². The molecule has 1 aliphatic rings. The molecule has 3 rings (SSSR count). The minimum absolute atomic E-state index is 0.0769. The molecule has 1 atom stereocenters. The van der Waals surface area contributed by atoms with Crippen LogP contribution in [0.2, 0.25) is 0 Å². The van der Waals surface area contributed by atoms with Gasteiger partial charge >= 0.3 is 6.03 Å². The van der Waals surface area contributed by atoms with Crippen LogP contribution < -0.4 is 16.2 Å². The number of fused-ring (bicyclic) bond motifs is 1. The fourth-order valence-electron chi connectivity index (χ4n) is 2.49. The molecule has 7 nitrogen and oxygen atoms in total. The zero-order valence-electron chi connectivity index (χ0n) is 14.1. The predicted molar refractivity (Wildman–Crippen MR) is 96.8 cm³/mol. The average molecular weight is 360 g/mol. The van der Waals surface area contributed by atoms with E-state index in [1.54, 1.807) is 30.5 Å². The van der Waals surface area contributed by atoms with E-state index in [9.17, 15) is 14.4 Å². The van der Waals surface area contributed by atoms with Crippen LogP contribution in [0, 0.1) is 0 Å². The Balaban J connectivity index is 1.87.